The zero-order chi connectivity index (χ0) is 25.5. The number of carbonyl (C=O) groups is 1. The summed E-state index contributed by atoms with van der Waals surface area (Å²) in [5.74, 6) is 1.05. The van der Waals surface area contributed by atoms with Gasteiger partial charge in [-0.3, -0.25) is 14.2 Å². The number of hydrogen-bond donors (Lipinski definition) is 1. The van der Waals surface area contributed by atoms with Crippen molar-refractivity contribution in [3.63, 3.8) is 0 Å². The molecule has 0 aliphatic carbocycles. The Hall–Kier alpha value is -3.84. The SMILES string of the molecule is COc1ccc(OC)c(-n2c(-c3cccc(C(=O)NCCCCc4ccccc4)c3)c(C)sc2=O)c1. The number of benzene rings is 3. The van der Waals surface area contributed by atoms with Crippen molar-refractivity contribution in [2.45, 2.75) is 26.2 Å². The summed E-state index contributed by atoms with van der Waals surface area (Å²) in [5, 5.41) is 3.02. The summed E-state index contributed by atoms with van der Waals surface area (Å²) < 4.78 is 12.5. The summed E-state index contributed by atoms with van der Waals surface area (Å²) >= 11 is 1.16. The fourth-order valence-corrected chi connectivity index (χ4v) is 5.06. The predicted octanol–water partition coefficient (Wildman–Crippen LogP) is 5.64. The van der Waals surface area contributed by atoms with Gasteiger partial charge in [-0.15, -0.1) is 0 Å². The summed E-state index contributed by atoms with van der Waals surface area (Å²) in [4.78, 5) is 26.6. The van der Waals surface area contributed by atoms with Crippen LogP contribution in [0.5, 0.6) is 11.5 Å². The summed E-state index contributed by atoms with van der Waals surface area (Å²) in [7, 11) is 3.15. The van der Waals surface area contributed by atoms with Gasteiger partial charge >= 0.3 is 4.87 Å². The topological polar surface area (TPSA) is 69.6 Å². The third-order valence-electron chi connectivity index (χ3n) is 6.03. The zero-order valence-corrected chi connectivity index (χ0v) is 21.6. The molecule has 186 valence electrons. The minimum Gasteiger partial charge on any atom is -0.497 e. The van der Waals surface area contributed by atoms with Crippen molar-refractivity contribution in [2.24, 2.45) is 0 Å². The minimum absolute atomic E-state index is 0.127. The lowest BCUT2D eigenvalue weighted by Gasteiger charge is -2.15. The normalized spacial score (nSPS) is 10.8. The van der Waals surface area contributed by atoms with E-state index in [0.717, 1.165) is 46.7 Å². The van der Waals surface area contributed by atoms with Crippen LogP contribution in [0, 0.1) is 6.92 Å². The number of nitrogens with zero attached hydrogens (tertiary/aromatic N) is 1. The second kappa shape index (κ2) is 11.7. The van der Waals surface area contributed by atoms with Crippen molar-refractivity contribution >= 4 is 17.2 Å². The Labute approximate surface area is 215 Å². The molecule has 1 N–H and O–H groups in total. The molecule has 1 heterocycles. The molecule has 0 atom stereocenters. The maximum Gasteiger partial charge on any atom is 0.312 e. The summed E-state index contributed by atoms with van der Waals surface area (Å²) in [6, 6.07) is 23.1. The number of methoxy groups -OCH3 is 2. The van der Waals surface area contributed by atoms with E-state index in [-0.39, 0.29) is 10.8 Å². The van der Waals surface area contributed by atoms with Crippen molar-refractivity contribution in [3.05, 3.63) is 98.5 Å². The first kappa shape index (κ1) is 25.3. The van der Waals surface area contributed by atoms with Gasteiger partial charge in [0.1, 0.15) is 11.5 Å². The smallest absolute Gasteiger partial charge is 0.312 e. The molecule has 0 radical (unpaired) electrons. The first-order valence-electron chi connectivity index (χ1n) is 11.9. The molecular weight excluding hydrogens is 472 g/mol. The summed E-state index contributed by atoms with van der Waals surface area (Å²) in [6.07, 6.45) is 2.90. The number of thiazole rings is 1. The number of aryl methyl sites for hydroxylation is 2. The maximum absolute atomic E-state index is 13.0. The Morgan fingerprint density at radius 1 is 0.944 bits per heavy atom. The van der Waals surface area contributed by atoms with E-state index in [2.05, 4.69) is 17.4 Å². The highest BCUT2D eigenvalue weighted by Crippen LogP contribution is 2.34. The van der Waals surface area contributed by atoms with Crippen LogP contribution in [-0.2, 0) is 6.42 Å². The molecule has 0 unspecified atom stereocenters. The lowest BCUT2D eigenvalue weighted by atomic mass is 10.1. The maximum atomic E-state index is 13.0. The van der Waals surface area contributed by atoms with Crippen LogP contribution in [-0.4, -0.2) is 31.2 Å². The van der Waals surface area contributed by atoms with Gasteiger partial charge in [-0.1, -0.05) is 53.8 Å². The summed E-state index contributed by atoms with van der Waals surface area (Å²) in [6.45, 7) is 2.52. The molecule has 0 saturated carbocycles. The number of carbonyl (C=O) groups excluding carboxylic acids is 1. The molecule has 0 fully saturated rings. The van der Waals surface area contributed by atoms with Crippen molar-refractivity contribution in [1.29, 1.82) is 0 Å². The molecule has 1 amide bonds. The molecule has 0 aliphatic heterocycles. The Bertz CT molecular complexity index is 1390. The van der Waals surface area contributed by atoms with Crippen LogP contribution in [0.4, 0.5) is 0 Å². The molecule has 4 aromatic rings. The number of amides is 1. The quantitative estimate of drug-likeness (QED) is 0.285. The summed E-state index contributed by atoms with van der Waals surface area (Å²) in [5.41, 5.74) is 3.97. The van der Waals surface area contributed by atoms with Gasteiger partial charge in [0.05, 0.1) is 25.6 Å². The number of aromatic nitrogens is 1. The van der Waals surface area contributed by atoms with E-state index in [9.17, 15) is 9.59 Å². The molecule has 0 bridgehead atoms. The Balaban J connectivity index is 1.53. The van der Waals surface area contributed by atoms with Crippen LogP contribution in [0.25, 0.3) is 16.9 Å². The van der Waals surface area contributed by atoms with Gasteiger partial charge in [0, 0.05) is 28.6 Å². The van der Waals surface area contributed by atoms with Crippen LogP contribution in [0.15, 0.2) is 77.6 Å². The van der Waals surface area contributed by atoms with Gasteiger partial charge in [-0.2, -0.15) is 0 Å². The first-order valence-corrected chi connectivity index (χ1v) is 12.7. The fraction of sp³-hybridized carbons (Fsp3) is 0.241. The minimum atomic E-state index is -0.137. The zero-order valence-electron chi connectivity index (χ0n) is 20.7. The van der Waals surface area contributed by atoms with Crippen LogP contribution in [0.1, 0.15) is 33.6 Å². The van der Waals surface area contributed by atoms with E-state index in [1.807, 2.05) is 43.3 Å². The molecule has 3 aromatic carbocycles. The Kier molecular flexibility index (Phi) is 8.23. The van der Waals surface area contributed by atoms with Crippen LogP contribution < -0.4 is 19.7 Å². The average Bonchev–Trinajstić information content (AvgIpc) is 3.21. The monoisotopic (exact) mass is 502 g/mol. The van der Waals surface area contributed by atoms with Crippen molar-refractivity contribution < 1.29 is 14.3 Å². The molecule has 36 heavy (non-hydrogen) atoms. The van der Waals surface area contributed by atoms with E-state index in [4.69, 9.17) is 9.47 Å². The van der Waals surface area contributed by atoms with Crippen LogP contribution in [0.3, 0.4) is 0 Å². The van der Waals surface area contributed by atoms with Crippen molar-refractivity contribution in [1.82, 2.24) is 9.88 Å². The second-order valence-electron chi connectivity index (χ2n) is 8.43. The van der Waals surface area contributed by atoms with E-state index in [1.54, 1.807) is 43.1 Å². The van der Waals surface area contributed by atoms with Gasteiger partial charge in [0.2, 0.25) is 0 Å². The Morgan fingerprint density at radius 3 is 2.50 bits per heavy atom. The highest BCUT2D eigenvalue weighted by atomic mass is 32.1. The lowest BCUT2D eigenvalue weighted by Crippen LogP contribution is -2.24. The first-order chi connectivity index (χ1) is 17.5. The van der Waals surface area contributed by atoms with E-state index in [1.165, 1.54) is 5.56 Å². The molecule has 6 nitrogen and oxygen atoms in total. The number of nitrogens with one attached hydrogen (secondary N) is 1. The van der Waals surface area contributed by atoms with Gasteiger partial charge in [-0.25, -0.2) is 0 Å². The standard InChI is InChI=1S/C29H30N2O4S/c1-20-27(31(29(33)36-20)25-19-24(34-2)15-16-26(25)35-3)22-13-9-14-23(18-22)28(32)30-17-8-7-12-21-10-5-4-6-11-21/h4-6,9-11,13-16,18-19H,7-8,12,17H2,1-3H3,(H,30,32). The van der Waals surface area contributed by atoms with Crippen molar-refractivity contribution in [2.75, 3.05) is 20.8 Å². The Morgan fingerprint density at radius 2 is 1.75 bits per heavy atom. The van der Waals surface area contributed by atoms with Crippen molar-refractivity contribution in [3.8, 4) is 28.4 Å². The predicted molar refractivity (Wildman–Crippen MR) is 145 cm³/mol. The molecule has 7 heteroatoms. The largest absolute Gasteiger partial charge is 0.497 e. The molecule has 0 saturated heterocycles. The third-order valence-corrected chi connectivity index (χ3v) is 6.88. The molecular formula is C29H30N2O4S. The second-order valence-corrected chi connectivity index (χ2v) is 9.59. The van der Waals surface area contributed by atoms with Gasteiger partial charge in [0.15, 0.2) is 0 Å². The van der Waals surface area contributed by atoms with Crippen LogP contribution in [0.2, 0.25) is 0 Å². The van der Waals surface area contributed by atoms with Gasteiger partial charge in [-0.05, 0) is 56.0 Å². The molecule has 1 aromatic heterocycles. The third kappa shape index (κ3) is 5.69. The number of hydrogen-bond acceptors (Lipinski definition) is 5. The molecule has 4 rings (SSSR count). The number of ether oxygens (including phenoxy) is 2. The lowest BCUT2D eigenvalue weighted by molar-refractivity contribution is 0.0953. The fourth-order valence-electron chi connectivity index (χ4n) is 4.21. The molecule has 0 spiro atoms. The van der Waals surface area contributed by atoms with E-state index < -0.39 is 0 Å². The number of rotatable bonds is 10. The average molecular weight is 503 g/mol. The highest BCUT2D eigenvalue weighted by Gasteiger charge is 2.20. The van der Waals surface area contributed by atoms with E-state index >= 15 is 0 Å². The highest BCUT2D eigenvalue weighted by molar-refractivity contribution is 7.09. The van der Waals surface area contributed by atoms with E-state index in [0.29, 0.717) is 29.3 Å². The molecule has 0 aliphatic rings. The van der Waals surface area contributed by atoms with Gasteiger partial charge in [0.25, 0.3) is 5.91 Å². The van der Waals surface area contributed by atoms with Gasteiger partial charge < -0.3 is 14.8 Å². The number of unbranched alkanes of at least 4 members (excludes halogenated alkanes) is 1. The van der Waals surface area contributed by atoms with Crippen LogP contribution >= 0.6 is 11.3 Å².